The Hall–Kier alpha value is -3.33. The lowest BCUT2D eigenvalue weighted by Gasteiger charge is -2.12. The van der Waals surface area contributed by atoms with Crippen LogP contribution in [0, 0.1) is 6.92 Å². The van der Waals surface area contributed by atoms with E-state index in [9.17, 15) is 4.79 Å². The first kappa shape index (κ1) is 20.9. The van der Waals surface area contributed by atoms with Crippen LogP contribution < -0.4 is 15.0 Å². The molecule has 0 fully saturated rings. The van der Waals surface area contributed by atoms with Crippen molar-refractivity contribution in [2.75, 3.05) is 6.61 Å². The first-order valence-electron chi connectivity index (χ1n) is 9.90. The number of aromatic amines is 1. The van der Waals surface area contributed by atoms with Crippen molar-refractivity contribution in [3.8, 4) is 11.5 Å². The standard InChI is InChI=1S/C22H23N5O3S/c1-4-29-18-11-14(2)9-10-17(18)30-12-20-25-26-22(27(20)3)31-13-19-23-16-8-6-5-7-15(16)21(28)24-19/h5-11H,4,12-13H2,1-3H3,(H,23,24,28). The van der Waals surface area contributed by atoms with Crippen LogP contribution in [0.3, 0.4) is 0 Å². The first-order chi connectivity index (χ1) is 15.0. The summed E-state index contributed by atoms with van der Waals surface area (Å²) in [6.45, 7) is 4.78. The van der Waals surface area contributed by atoms with Crippen molar-refractivity contribution >= 4 is 22.7 Å². The van der Waals surface area contributed by atoms with Crippen LogP contribution in [0.5, 0.6) is 11.5 Å². The van der Waals surface area contributed by atoms with Crippen molar-refractivity contribution in [1.29, 1.82) is 0 Å². The molecule has 0 bridgehead atoms. The van der Waals surface area contributed by atoms with E-state index >= 15 is 0 Å². The fraction of sp³-hybridized carbons (Fsp3) is 0.273. The topological polar surface area (TPSA) is 94.9 Å². The smallest absolute Gasteiger partial charge is 0.258 e. The van der Waals surface area contributed by atoms with Gasteiger partial charge in [-0.05, 0) is 43.7 Å². The Morgan fingerprint density at radius 3 is 2.77 bits per heavy atom. The second-order valence-corrected chi connectivity index (χ2v) is 7.89. The van der Waals surface area contributed by atoms with Crippen molar-refractivity contribution in [3.05, 3.63) is 70.0 Å². The summed E-state index contributed by atoms with van der Waals surface area (Å²) in [4.78, 5) is 19.6. The summed E-state index contributed by atoms with van der Waals surface area (Å²) in [6, 6.07) is 13.1. The van der Waals surface area contributed by atoms with Crippen LogP contribution in [-0.2, 0) is 19.4 Å². The number of thioether (sulfide) groups is 1. The third-order valence-electron chi connectivity index (χ3n) is 4.68. The Morgan fingerprint density at radius 2 is 1.94 bits per heavy atom. The van der Waals surface area contributed by atoms with Crippen LogP contribution in [0.2, 0.25) is 0 Å². The molecule has 0 aliphatic rings. The van der Waals surface area contributed by atoms with Crippen LogP contribution in [-0.4, -0.2) is 31.3 Å². The van der Waals surface area contributed by atoms with E-state index in [-0.39, 0.29) is 12.2 Å². The molecule has 0 amide bonds. The van der Waals surface area contributed by atoms with E-state index in [1.165, 1.54) is 11.8 Å². The van der Waals surface area contributed by atoms with E-state index in [4.69, 9.17) is 9.47 Å². The Kier molecular flexibility index (Phi) is 6.22. The Labute approximate surface area is 183 Å². The zero-order valence-corrected chi connectivity index (χ0v) is 18.4. The number of para-hydroxylation sites is 1. The SMILES string of the molecule is CCOc1cc(C)ccc1OCc1nnc(SCc2nc3ccccc3c(=O)[nH]2)n1C. The van der Waals surface area contributed by atoms with Gasteiger partial charge in [-0.3, -0.25) is 4.79 Å². The van der Waals surface area contributed by atoms with Gasteiger partial charge < -0.3 is 19.0 Å². The van der Waals surface area contributed by atoms with Gasteiger partial charge in [-0.2, -0.15) is 0 Å². The molecule has 2 aromatic carbocycles. The lowest BCUT2D eigenvalue weighted by atomic mass is 10.2. The van der Waals surface area contributed by atoms with Crippen LogP contribution in [0.4, 0.5) is 0 Å². The predicted octanol–water partition coefficient (Wildman–Crippen LogP) is 3.63. The number of ether oxygens (including phenoxy) is 2. The van der Waals surface area contributed by atoms with Gasteiger partial charge in [-0.1, -0.05) is 30.0 Å². The maximum absolute atomic E-state index is 12.2. The van der Waals surface area contributed by atoms with E-state index in [0.29, 0.717) is 51.6 Å². The molecule has 31 heavy (non-hydrogen) atoms. The Balaban J connectivity index is 1.44. The van der Waals surface area contributed by atoms with Gasteiger partial charge in [0.1, 0.15) is 12.4 Å². The minimum absolute atomic E-state index is 0.142. The first-order valence-corrected chi connectivity index (χ1v) is 10.9. The number of nitrogens with zero attached hydrogens (tertiary/aromatic N) is 4. The van der Waals surface area contributed by atoms with Crippen molar-refractivity contribution in [3.63, 3.8) is 0 Å². The molecule has 0 saturated heterocycles. The van der Waals surface area contributed by atoms with Crippen LogP contribution in [0.1, 0.15) is 24.1 Å². The highest BCUT2D eigenvalue weighted by molar-refractivity contribution is 7.98. The largest absolute Gasteiger partial charge is 0.490 e. The molecule has 2 aromatic heterocycles. The summed E-state index contributed by atoms with van der Waals surface area (Å²) in [5, 5.41) is 9.78. The minimum atomic E-state index is -0.142. The summed E-state index contributed by atoms with van der Waals surface area (Å²) in [7, 11) is 1.89. The normalized spacial score (nSPS) is 11.1. The van der Waals surface area contributed by atoms with E-state index in [2.05, 4.69) is 20.2 Å². The Morgan fingerprint density at radius 1 is 1.10 bits per heavy atom. The number of nitrogens with one attached hydrogen (secondary N) is 1. The number of benzene rings is 2. The summed E-state index contributed by atoms with van der Waals surface area (Å²) in [6.07, 6.45) is 0. The van der Waals surface area contributed by atoms with Gasteiger partial charge in [0.25, 0.3) is 5.56 Å². The zero-order valence-electron chi connectivity index (χ0n) is 17.6. The molecular weight excluding hydrogens is 414 g/mol. The molecule has 0 aliphatic carbocycles. The fourth-order valence-corrected chi connectivity index (χ4v) is 3.88. The molecule has 2 heterocycles. The summed E-state index contributed by atoms with van der Waals surface area (Å²) in [5.41, 5.74) is 1.64. The average molecular weight is 438 g/mol. The van der Waals surface area contributed by atoms with Crippen molar-refractivity contribution < 1.29 is 9.47 Å². The summed E-state index contributed by atoms with van der Waals surface area (Å²) in [5.74, 6) is 3.13. The number of hydrogen-bond donors (Lipinski definition) is 1. The molecule has 0 atom stereocenters. The molecule has 4 aromatic rings. The molecular formula is C22H23N5O3S. The third kappa shape index (κ3) is 4.72. The van der Waals surface area contributed by atoms with Crippen LogP contribution in [0.15, 0.2) is 52.4 Å². The third-order valence-corrected chi connectivity index (χ3v) is 5.71. The molecule has 160 valence electrons. The molecule has 0 saturated carbocycles. The molecule has 0 aliphatic heterocycles. The highest BCUT2D eigenvalue weighted by Gasteiger charge is 2.13. The quantitative estimate of drug-likeness (QED) is 0.421. The number of H-pyrrole nitrogens is 1. The highest BCUT2D eigenvalue weighted by Crippen LogP contribution is 2.29. The molecule has 9 heteroatoms. The molecule has 8 nitrogen and oxygen atoms in total. The van der Waals surface area contributed by atoms with Gasteiger partial charge >= 0.3 is 0 Å². The van der Waals surface area contributed by atoms with Crippen molar-refractivity contribution in [2.24, 2.45) is 7.05 Å². The minimum Gasteiger partial charge on any atom is -0.490 e. The number of fused-ring (bicyclic) bond motifs is 1. The van der Waals surface area contributed by atoms with Crippen molar-refractivity contribution in [1.82, 2.24) is 24.7 Å². The van der Waals surface area contributed by atoms with E-state index in [0.717, 1.165) is 5.56 Å². The maximum atomic E-state index is 12.2. The van der Waals surface area contributed by atoms with Gasteiger partial charge in [-0.25, -0.2) is 4.98 Å². The number of aromatic nitrogens is 5. The lowest BCUT2D eigenvalue weighted by molar-refractivity contribution is 0.260. The van der Waals surface area contributed by atoms with Crippen LogP contribution in [0.25, 0.3) is 10.9 Å². The van der Waals surface area contributed by atoms with Crippen molar-refractivity contribution in [2.45, 2.75) is 31.4 Å². The van der Waals surface area contributed by atoms with Gasteiger partial charge in [0, 0.05) is 7.05 Å². The molecule has 0 spiro atoms. The molecule has 0 radical (unpaired) electrons. The zero-order chi connectivity index (χ0) is 21.8. The van der Waals surface area contributed by atoms with Gasteiger partial charge in [0.15, 0.2) is 22.5 Å². The second kappa shape index (κ2) is 9.22. The summed E-state index contributed by atoms with van der Waals surface area (Å²) >= 11 is 1.45. The monoisotopic (exact) mass is 437 g/mol. The van der Waals surface area contributed by atoms with Gasteiger partial charge in [-0.15, -0.1) is 10.2 Å². The molecule has 4 rings (SSSR count). The average Bonchev–Trinajstić information content (AvgIpc) is 3.11. The Bertz CT molecular complexity index is 1270. The predicted molar refractivity (Wildman–Crippen MR) is 120 cm³/mol. The van der Waals surface area contributed by atoms with Gasteiger partial charge in [0.05, 0.1) is 23.3 Å². The number of rotatable bonds is 8. The number of aryl methyl sites for hydroxylation is 1. The van der Waals surface area contributed by atoms with Gasteiger partial charge in [0.2, 0.25) is 0 Å². The maximum Gasteiger partial charge on any atom is 0.258 e. The fourth-order valence-electron chi connectivity index (χ4n) is 3.08. The summed E-state index contributed by atoms with van der Waals surface area (Å²) < 4.78 is 13.5. The molecule has 0 unspecified atom stereocenters. The second-order valence-electron chi connectivity index (χ2n) is 6.95. The molecule has 1 N–H and O–H groups in total. The lowest BCUT2D eigenvalue weighted by Crippen LogP contribution is -2.11. The van der Waals surface area contributed by atoms with E-state index in [1.807, 2.05) is 61.9 Å². The van der Waals surface area contributed by atoms with Crippen LogP contribution >= 0.6 is 11.8 Å². The highest BCUT2D eigenvalue weighted by atomic mass is 32.2. The van der Waals surface area contributed by atoms with E-state index in [1.54, 1.807) is 6.07 Å². The number of hydrogen-bond acceptors (Lipinski definition) is 7. The van der Waals surface area contributed by atoms with E-state index < -0.39 is 0 Å².